The van der Waals surface area contributed by atoms with Crippen LogP contribution in [-0.2, 0) is 6.54 Å². The molecule has 0 aliphatic rings. The van der Waals surface area contributed by atoms with Crippen molar-refractivity contribution in [2.75, 3.05) is 25.0 Å². The second-order valence-corrected chi connectivity index (χ2v) is 3.73. The minimum atomic E-state index is 0.748. The summed E-state index contributed by atoms with van der Waals surface area (Å²) in [6, 6.07) is 0. The van der Waals surface area contributed by atoms with E-state index in [4.69, 9.17) is 0 Å². The van der Waals surface area contributed by atoms with Gasteiger partial charge in [0.25, 0.3) is 0 Å². The van der Waals surface area contributed by atoms with Crippen molar-refractivity contribution in [3.63, 3.8) is 0 Å². The molecule has 0 unspecified atom stereocenters. The van der Waals surface area contributed by atoms with Crippen molar-refractivity contribution >= 4 is 5.95 Å². The topological polar surface area (TPSA) is 41.1 Å². The Balaban J connectivity index is 2.77. The highest BCUT2D eigenvalue weighted by molar-refractivity contribution is 5.32. The molecule has 1 N–H and O–H groups in total. The van der Waals surface area contributed by atoms with Crippen molar-refractivity contribution < 1.29 is 0 Å². The highest BCUT2D eigenvalue weighted by Gasteiger charge is 2.05. The average Bonchev–Trinajstić information content (AvgIpc) is 2.27. The number of rotatable bonds is 6. The summed E-state index contributed by atoms with van der Waals surface area (Å²) in [5, 5.41) is 3.27. The molecule has 0 saturated heterocycles. The number of aromatic nitrogens is 2. The molecule has 1 heterocycles. The molecule has 0 bridgehead atoms. The van der Waals surface area contributed by atoms with E-state index < -0.39 is 0 Å². The van der Waals surface area contributed by atoms with Crippen molar-refractivity contribution in [2.24, 2.45) is 0 Å². The fraction of sp³-hybridized carbons (Fsp3) is 0.500. The van der Waals surface area contributed by atoms with Crippen LogP contribution >= 0.6 is 0 Å². The van der Waals surface area contributed by atoms with Gasteiger partial charge in [0, 0.05) is 37.6 Å². The number of nitrogens with zero attached hydrogens (tertiary/aromatic N) is 3. The van der Waals surface area contributed by atoms with Gasteiger partial charge in [0.05, 0.1) is 0 Å². The van der Waals surface area contributed by atoms with Gasteiger partial charge in [-0.1, -0.05) is 13.0 Å². The van der Waals surface area contributed by atoms with Crippen LogP contribution in [0.25, 0.3) is 0 Å². The average molecular weight is 220 g/mol. The zero-order chi connectivity index (χ0) is 12.0. The zero-order valence-corrected chi connectivity index (χ0v) is 10.3. The predicted octanol–water partition coefficient (Wildman–Crippen LogP) is 1.52. The molecule has 0 saturated carbocycles. The fourth-order valence-electron chi connectivity index (χ4n) is 1.37. The van der Waals surface area contributed by atoms with Crippen molar-refractivity contribution in [1.82, 2.24) is 15.3 Å². The maximum Gasteiger partial charge on any atom is 0.225 e. The lowest BCUT2D eigenvalue weighted by atomic mass is 10.2. The first-order valence-electron chi connectivity index (χ1n) is 5.54. The van der Waals surface area contributed by atoms with Crippen LogP contribution in [0.2, 0.25) is 0 Å². The van der Waals surface area contributed by atoms with Crippen LogP contribution in [0.5, 0.6) is 0 Å². The van der Waals surface area contributed by atoms with Gasteiger partial charge in [-0.2, -0.15) is 0 Å². The van der Waals surface area contributed by atoms with Crippen LogP contribution < -0.4 is 10.2 Å². The summed E-state index contributed by atoms with van der Waals surface area (Å²) in [4.78, 5) is 10.8. The summed E-state index contributed by atoms with van der Waals surface area (Å²) in [7, 11) is 1.96. The third kappa shape index (κ3) is 3.31. The van der Waals surface area contributed by atoms with Gasteiger partial charge in [-0.15, -0.1) is 6.58 Å². The van der Waals surface area contributed by atoms with Crippen LogP contribution in [0.4, 0.5) is 5.95 Å². The Labute approximate surface area is 97.4 Å². The lowest BCUT2D eigenvalue weighted by molar-refractivity contribution is 0.715. The third-order valence-corrected chi connectivity index (χ3v) is 2.38. The molecule has 1 aromatic rings. The molecular weight excluding hydrogens is 200 g/mol. The molecule has 0 spiro atoms. The van der Waals surface area contributed by atoms with Gasteiger partial charge in [0.15, 0.2) is 0 Å². The first-order chi connectivity index (χ1) is 7.69. The van der Waals surface area contributed by atoms with Crippen molar-refractivity contribution in [3.8, 4) is 0 Å². The third-order valence-electron chi connectivity index (χ3n) is 2.38. The quantitative estimate of drug-likeness (QED) is 0.738. The normalized spacial score (nSPS) is 10.2. The van der Waals surface area contributed by atoms with Gasteiger partial charge in [-0.3, -0.25) is 0 Å². The fourth-order valence-corrected chi connectivity index (χ4v) is 1.37. The van der Waals surface area contributed by atoms with E-state index in [9.17, 15) is 0 Å². The second kappa shape index (κ2) is 6.23. The monoisotopic (exact) mass is 220 g/mol. The van der Waals surface area contributed by atoms with Crippen LogP contribution in [-0.4, -0.2) is 30.1 Å². The smallest absolute Gasteiger partial charge is 0.225 e. The molecule has 1 rings (SSSR count). The van der Waals surface area contributed by atoms with Crippen molar-refractivity contribution in [3.05, 3.63) is 30.1 Å². The maximum absolute atomic E-state index is 4.47. The van der Waals surface area contributed by atoms with Crippen LogP contribution in [0.3, 0.4) is 0 Å². The molecule has 0 amide bonds. The molecule has 0 aliphatic carbocycles. The summed E-state index contributed by atoms with van der Waals surface area (Å²) < 4.78 is 0. The van der Waals surface area contributed by atoms with Crippen LogP contribution in [0, 0.1) is 6.92 Å². The first kappa shape index (κ1) is 12.6. The molecule has 88 valence electrons. The van der Waals surface area contributed by atoms with E-state index in [1.165, 1.54) is 0 Å². The molecule has 0 radical (unpaired) electrons. The van der Waals surface area contributed by atoms with E-state index in [1.54, 1.807) is 0 Å². The Morgan fingerprint density at radius 3 is 2.88 bits per heavy atom. The summed E-state index contributed by atoms with van der Waals surface area (Å²) in [5.41, 5.74) is 2.18. The zero-order valence-electron chi connectivity index (χ0n) is 10.3. The SMILES string of the molecule is C=CCN(C)c1ncc(CNCC)c(C)n1. The number of anilines is 1. The van der Waals surface area contributed by atoms with Gasteiger partial charge >= 0.3 is 0 Å². The van der Waals surface area contributed by atoms with Crippen molar-refractivity contribution in [2.45, 2.75) is 20.4 Å². The summed E-state index contributed by atoms with van der Waals surface area (Å²) in [6.07, 6.45) is 3.73. The van der Waals surface area contributed by atoms with Gasteiger partial charge in [-0.25, -0.2) is 9.97 Å². The molecule has 0 aromatic carbocycles. The lowest BCUT2D eigenvalue weighted by Crippen LogP contribution is -2.21. The highest BCUT2D eigenvalue weighted by atomic mass is 15.2. The van der Waals surface area contributed by atoms with E-state index >= 15 is 0 Å². The van der Waals surface area contributed by atoms with Crippen molar-refractivity contribution in [1.29, 1.82) is 0 Å². The molecule has 16 heavy (non-hydrogen) atoms. The molecule has 1 aromatic heterocycles. The number of hydrogen-bond acceptors (Lipinski definition) is 4. The standard InChI is InChI=1S/C12H20N4/c1-5-7-16(4)12-14-9-11(8-13-6-2)10(3)15-12/h5,9,13H,1,6-8H2,2-4H3. The summed E-state index contributed by atoms with van der Waals surface area (Å²) in [6.45, 7) is 10.3. The number of likely N-dealkylation sites (N-methyl/N-ethyl adjacent to an activating group) is 1. The van der Waals surface area contributed by atoms with E-state index in [-0.39, 0.29) is 0 Å². The highest BCUT2D eigenvalue weighted by Crippen LogP contribution is 2.09. The van der Waals surface area contributed by atoms with Crippen LogP contribution in [0.15, 0.2) is 18.9 Å². The number of aryl methyl sites for hydroxylation is 1. The number of hydrogen-bond donors (Lipinski definition) is 1. The largest absolute Gasteiger partial charge is 0.340 e. The molecule has 0 aliphatic heterocycles. The molecule has 0 fully saturated rings. The minimum Gasteiger partial charge on any atom is -0.340 e. The second-order valence-electron chi connectivity index (χ2n) is 3.73. The Morgan fingerprint density at radius 1 is 1.56 bits per heavy atom. The Bertz CT molecular complexity index is 349. The summed E-state index contributed by atoms with van der Waals surface area (Å²) >= 11 is 0. The molecular formula is C12H20N4. The first-order valence-corrected chi connectivity index (χ1v) is 5.54. The van der Waals surface area contributed by atoms with Gasteiger partial charge in [-0.05, 0) is 13.5 Å². The number of nitrogens with one attached hydrogen (secondary N) is 1. The Morgan fingerprint density at radius 2 is 2.31 bits per heavy atom. The Hall–Kier alpha value is -1.42. The molecule has 0 atom stereocenters. The van der Waals surface area contributed by atoms with Crippen LogP contribution in [0.1, 0.15) is 18.2 Å². The predicted molar refractivity (Wildman–Crippen MR) is 67.6 cm³/mol. The van der Waals surface area contributed by atoms with E-state index in [0.717, 1.165) is 36.8 Å². The maximum atomic E-state index is 4.47. The van der Waals surface area contributed by atoms with Gasteiger partial charge < -0.3 is 10.2 Å². The van der Waals surface area contributed by atoms with E-state index in [0.29, 0.717) is 0 Å². The summed E-state index contributed by atoms with van der Waals surface area (Å²) in [5.74, 6) is 0.748. The molecule has 4 heteroatoms. The van der Waals surface area contributed by atoms with Gasteiger partial charge in [0.1, 0.15) is 0 Å². The van der Waals surface area contributed by atoms with Gasteiger partial charge in [0.2, 0.25) is 5.95 Å². The lowest BCUT2D eigenvalue weighted by Gasteiger charge is -2.16. The molecule has 4 nitrogen and oxygen atoms in total. The Kier molecular flexibility index (Phi) is 4.92. The van der Waals surface area contributed by atoms with E-state index in [2.05, 4.69) is 28.8 Å². The minimum absolute atomic E-state index is 0.748. The van der Waals surface area contributed by atoms with E-state index in [1.807, 2.05) is 31.1 Å².